The van der Waals surface area contributed by atoms with E-state index in [4.69, 9.17) is 9.47 Å². The van der Waals surface area contributed by atoms with Crippen LogP contribution in [0.5, 0.6) is 11.5 Å². The van der Waals surface area contributed by atoms with Gasteiger partial charge < -0.3 is 9.47 Å². The lowest BCUT2D eigenvalue weighted by atomic mass is 9.97. The van der Waals surface area contributed by atoms with Gasteiger partial charge in [-0.2, -0.15) is 5.10 Å². The molecule has 0 saturated carbocycles. The molecule has 1 aliphatic heterocycles. The van der Waals surface area contributed by atoms with Crippen LogP contribution in [0, 0.1) is 0 Å². The molecule has 0 aliphatic carbocycles. The van der Waals surface area contributed by atoms with Crippen molar-refractivity contribution in [1.82, 2.24) is 5.01 Å². The van der Waals surface area contributed by atoms with E-state index in [-0.39, 0.29) is 11.9 Å². The SMILES string of the molecule is CCc1ccc([C@H]2CC(c3ccc(OC)c(OC)c3)=NN2C(C)=O)cc1. The molecule has 2 aromatic carbocycles. The van der Waals surface area contributed by atoms with Gasteiger partial charge in [-0.3, -0.25) is 4.79 Å². The first-order valence-electron chi connectivity index (χ1n) is 8.75. The highest BCUT2D eigenvalue weighted by Crippen LogP contribution is 2.35. The summed E-state index contributed by atoms with van der Waals surface area (Å²) in [6.45, 7) is 3.68. The molecule has 26 heavy (non-hydrogen) atoms. The number of aryl methyl sites for hydroxylation is 1. The molecule has 1 aliphatic rings. The highest BCUT2D eigenvalue weighted by atomic mass is 16.5. The second-order valence-corrected chi connectivity index (χ2v) is 6.30. The molecule has 0 bridgehead atoms. The van der Waals surface area contributed by atoms with E-state index in [9.17, 15) is 4.79 Å². The van der Waals surface area contributed by atoms with Crippen molar-refractivity contribution in [2.24, 2.45) is 5.10 Å². The second-order valence-electron chi connectivity index (χ2n) is 6.30. The van der Waals surface area contributed by atoms with Crippen molar-refractivity contribution < 1.29 is 14.3 Å². The zero-order chi connectivity index (χ0) is 18.7. The lowest BCUT2D eigenvalue weighted by molar-refractivity contribution is -0.130. The summed E-state index contributed by atoms with van der Waals surface area (Å²) in [5, 5.41) is 6.17. The van der Waals surface area contributed by atoms with Crippen LogP contribution >= 0.6 is 0 Å². The zero-order valence-corrected chi connectivity index (χ0v) is 15.7. The molecule has 5 nitrogen and oxygen atoms in total. The molecular formula is C21H24N2O3. The van der Waals surface area contributed by atoms with Crippen molar-refractivity contribution in [2.75, 3.05) is 14.2 Å². The number of carbonyl (C=O) groups is 1. The Kier molecular flexibility index (Phi) is 5.26. The van der Waals surface area contributed by atoms with Crippen LogP contribution in [0.3, 0.4) is 0 Å². The van der Waals surface area contributed by atoms with Crippen molar-refractivity contribution in [3.63, 3.8) is 0 Å². The predicted molar refractivity (Wildman–Crippen MR) is 102 cm³/mol. The summed E-state index contributed by atoms with van der Waals surface area (Å²) in [5.74, 6) is 1.26. The Bertz CT molecular complexity index is 828. The fourth-order valence-corrected chi connectivity index (χ4v) is 3.23. The van der Waals surface area contributed by atoms with Gasteiger partial charge in [-0.1, -0.05) is 31.2 Å². The summed E-state index contributed by atoms with van der Waals surface area (Å²) >= 11 is 0. The predicted octanol–water partition coefficient (Wildman–Crippen LogP) is 3.96. The standard InChI is InChI=1S/C21H24N2O3/c1-5-15-6-8-16(9-7-15)19-13-18(22-23(19)14(2)24)17-10-11-20(25-3)21(12-17)26-4/h6-12,19H,5,13H2,1-4H3/t19-/m1/s1. The quantitative estimate of drug-likeness (QED) is 0.818. The molecule has 0 aromatic heterocycles. The third-order valence-electron chi connectivity index (χ3n) is 4.72. The maximum Gasteiger partial charge on any atom is 0.240 e. The Labute approximate surface area is 154 Å². The van der Waals surface area contributed by atoms with Crippen molar-refractivity contribution in [2.45, 2.75) is 32.7 Å². The van der Waals surface area contributed by atoms with Gasteiger partial charge in [-0.15, -0.1) is 0 Å². The smallest absolute Gasteiger partial charge is 0.240 e. The van der Waals surface area contributed by atoms with Crippen LogP contribution in [0.1, 0.15) is 43.0 Å². The second kappa shape index (κ2) is 7.60. The Balaban J connectivity index is 1.92. The van der Waals surface area contributed by atoms with Gasteiger partial charge in [-0.05, 0) is 35.7 Å². The van der Waals surface area contributed by atoms with Gasteiger partial charge in [-0.25, -0.2) is 5.01 Å². The van der Waals surface area contributed by atoms with Gasteiger partial charge >= 0.3 is 0 Å². The molecule has 1 atom stereocenters. The van der Waals surface area contributed by atoms with E-state index in [2.05, 4.69) is 36.3 Å². The minimum absolute atomic E-state index is 0.0648. The first kappa shape index (κ1) is 18.0. The van der Waals surface area contributed by atoms with Gasteiger partial charge in [0.05, 0.1) is 26.0 Å². The lowest BCUT2D eigenvalue weighted by Gasteiger charge is -2.20. The molecule has 0 fully saturated rings. The van der Waals surface area contributed by atoms with Crippen molar-refractivity contribution >= 4 is 11.6 Å². The average molecular weight is 352 g/mol. The fraction of sp³-hybridized carbons (Fsp3) is 0.333. The van der Waals surface area contributed by atoms with Crippen LogP contribution in [0.4, 0.5) is 0 Å². The van der Waals surface area contributed by atoms with E-state index in [0.717, 1.165) is 23.3 Å². The molecule has 2 aromatic rings. The summed E-state index contributed by atoms with van der Waals surface area (Å²) in [7, 11) is 3.22. The molecule has 0 radical (unpaired) electrons. The van der Waals surface area contributed by atoms with Crippen LogP contribution in [-0.4, -0.2) is 30.8 Å². The number of hydrogen-bond acceptors (Lipinski definition) is 4. The van der Waals surface area contributed by atoms with Crippen LogP contribution in [0.2, 0.25) is 0 Å². The third kappa shape index (κ3) is 3.43. The molecule has 0 N–H and O–H groups in total. The normalized spacial score (nSPS) is 16.4. The van der Waals surface area contributed by atoms with Crippen molar-refractivity contribution in [3.8, 4) is 11.5 Å². The highest BCUT2D eigenvalue weighted by molar-refractivity contribution is 6.03. The molecule has 1 amide bonds. The molecule has 5 heteroatoms. The fourth-order valence-electron chi connectivity index (χ4n) is 3.23. The summed E-state index contributed by atoms with van der Waals surface area (Å²) < 4.78 is 10.7. The molecule has 1 heterocycles. The minimum atomic E-state index is -0.0819. The topological polar surface area (TPSA) is 51.1 Å². The van der Waals surface area contributed by atoms with Gasteiger partial charge in [0.25, 0.3) is 0 Å². The molecule has 136 valence electrons. The maximum absolute atomic E-state index is 12.1. The number of carbonyl (C=O) groups excluding carboxylic acids is 1. The number of amides is 1. The Morgan fingerprint density at radius 3 is 2.38 bits per heavy atom. The lowest BCUT2D eigenvalue weighted by Crippen LogP contribution is -2.24. The van der Waals surface area contributed by atoms with E-state index in [0.29, 0.717) is 17.9 Å². The average Bonchev–Trinajstić information content (AvgIpc) is 3.13. The van der Waals surface area contributed by atoms with E-state index in [1.165, 1.54) is 5.56 Å². The minimum Gasteiger partial charge on any atom is -0.493 e. The molecule has 0 unspecified atom stereocenters. The number of nitrogens with zero attached hydrogens (tertiary/aromatic N) is 2. The highest BCUT2D eigenvalue weighted by Gasteiger charge is 2.31. The number of ether oxygens (including phenoxy) is 2. The van der Waals surface area contributed by atoms with Gasteiger partial charge in [0.15, 0.2) is 11.5 Å². The van der Waals surface area contributed by atoms with Crippen LogP contribution in [0.25, 0.3) is 0 Å². The number of hydrazone groups is 1. The van der Waals surface area contributed by atoms with E-state index in [1.807, 2.05) is 18.2 Å². The number of hydrogen-bond donors (Lipinski definition) is 0. The van der Waals surface area contributed by atoms with Crippen molar-refractivity contribution in [3.05, 3.63) is 59.2 Å². The van der Waals surface area contributed by atoms with E-state index in [1.54, 1.807) is 26.2 Å². The number of benzene rings is 2. The van der Waals surface area contributed by atoms with Crippen molar-refractivity contribution in [1.29, 1.82) is 0 Å². The van der Waals surface area contributed by atoms with Crippen LogP contribution < -0.4 is 9.47 Å². The largest absolute Gasteiger partial charge is 0.493 e. The summed E-state index contributed by atoms with van der Waals surface area (Å²) in [4.78, 5) is 12.1. The van der Waals surface area contributed by atoms with Gasteiger partial charge in [0.2, 0.25) is 5.91 Å². The summed E-state index contributed by atoms with van der Waals surface area (Å²) in [5.41, 5.74) is 4.17. The molecule has 3 rings (SSSR count). The van der Waals surface area contributed by atoms with Gasteiger partial charge in [0.1, 0.15) is 0 Å². The Morgan fingerprint density at radius 1 is 1.12 bits per heavy atom. The summed E-state index contributed by atoms with van der Waals surface area (Å²) in [6.07, 6.45) is 1.66. The monoisotopic (exact) mass is 352 g/mol. The number of rotatable bonds is 5. The maximum atomic E-state index is 12.1. The zero-order valence-electron chi connectivity index (χ0n) is 15.7. The van der Waals surface area contributed by atoms with Crippen LogP contribution in [0.15, 0.2) is 47.6 Å². The molecular weight excluding hydrogens is 328 g/mol. The van der Waals surface area contributed by atoms with Crippen LogP contribution in [-0.2, 0) is 11.2 Å². The Morgan fingerprint density at radius 2 is 1.81 bits per heavy atom. The number of methoxy groups -OCH3 is 2. The first-order valence-corrected chi connectivity index (χ1v) is 8.75. The van der Waals surface area contributed by atoms with Gasteiger partial charge in [0, 0.05) is 18.9 Å². The van der Waals surface area contributed by atoms with E-state index >= 15 is 0 Å². The van der Waals surface area contributed by atoms with E-state index < -0.39 is 0 Å². The molecule has 0 saturated heterocycles. The third-order valence-corrected chi connectivity index (χ3v) is 4.72. The summed E-state index contributed by atoms with van der Waals surface area (Å²) in [6, 6.07) is 14.0. The first-order chi connectivity index (χ1) is 12.6. The Hall–Kier alpha value is -2.82. The molecule has 0 spiro atoms.